The summed E-state index contributed by atoms with van der Waals surface area (Å²) in [5, 5.41) is 11.9. The van der Waals surface area contributed by atoms with E-state index < -0.39 is 0 Å². The highest BCUT2D eigenvalue weighted by atomic mass is 16.4. The molecule has 0 bridgehead atoms. The molecule has 2 rings (SSSR count). The second-order valence-electron chi connectivity index (χ2n) is 5.74. The van der Waals surface area contributed by atoms with Crippen molar-refractivity contribution in [3.63, 3.8) is 0 Å². The average Bonchev–Trinajstić information content (AvgIpc) is 2.85. The van der Waals surface area contributed by atoms with Crippen molar-refractivity contribution >= 4 is 11.5 Å². The molecule has 1 heterocycles. The summed E-state index contributed by atoms with van der Waals surface area (Å²) in [4.78, 5) is 4.70. The minimum atomic E-state index is 0.167. The Bertz CT molecular complexity index is 499. The molecule has 1 atom stereocenters. The number of oxime groups is 1. The molecular weight excluding hydrogens is 252 g/mol. The predicted octanol–water partition coefficient (Wildman–Crippen LogP) is 1.62. The quantitative estimate of drug-likeness (QED) is 0.379. The molecule has 1 aromatic rings. The van der Waals surface area contributed by atoms with E-state index in [-0.39, 0.29) is 5.84 Å². The molecule has 1 unspecified atom stereocenters. The van der Waals surface area contributed by atoms with Crippen LogP contribution >= 0.6 is 0 Å². The Morgan fingerprint density at radius 2 is 2.25 bits per heavy atom. The number of nitrogens with two attached hydrogens (primary N) is 1. The van der Waals surface area contributed by atoms with Gasteiger partial charge in [-0.25, -0.2) is 0 Å². The first-order chi connectivity index (χ1) is 9.52. The first-order valence-corrected chi connectivity index (χ1v) is 7.03. The third kappa shape index (κ3) is 3.04. The molecule has 1 aliphatic heterocycles. The number of amidine groups is 1. The molecule has 1 saturated heterocycles. The van der Waals surface area contributed by atoms with Gasteiger partial charge in [-0.3, -0.25) is 0 Å². The lowest BCUT2D eigenvalue weighted by atomic mass is 10.1. The van der Waals surface area contributed by atoms with Crippen molar-refractivity contribution in [3.05, 3.63) is 29.3 Å². The van der Waals surface area contributed by atoms with Gasteiger partial charge in [-0.2, -0.15) is 0 Å². The van der Waals surface area contributed by atoms with Crippen LogP contribution in [0.2, 0.25) is 0 Å². The highest BCUT2D eigenvalue weighted by Gasteiger charge is 2.25. The molecule has 1 aliphatic rings. The lowest BCUT2D eigenvalue weighted by Gasteiger charge is -2.29. The summed E-state index contributed by atoms with van der Waals surface area (Å²) >= 11 is 0. The van der Waals surface area contributed by atoms with Gasteiger partial charge in [0.1, 0.15) is 0 Å². The second kappa shape index (κ2) is 6.13. The number of benzene rings is 1. The molecule has 0 saturated carbocycles. The zero-order valence-corrected chi connectivity index (χ0v) is 12.5. The van der Waals surface area contributed by atoms with E-state index in [1.54, 1.807) is 0 Å². The van der Waals surface area contributed by atoms with Gasteiger partial charge < -0.3 is 20.7 Å². The molecule has 1 aromatic carbocycles. The largest absolute Gasteiger partial charge is 0.409 e. The van der Waals surface area contributed by atoms with Crippen LogP contribution in [0.4, 0.5) is 5.69 Å². The molecule has 0 aliphatic carbocycles. The number of likely N-dealkylation sites (N-methyl/N-ethyl adjacent to an activating group) is 1. The van der Waals surface area contributed by atoms with Crippen LogP contribution in [0, 0.1) is 6.92 Å². The summed E-state index contributed by atoms with van der Waals surface area (Å²) in [5.74, 6) is 0.167. The normalized spacial score (nSPS) is 19.9. The average molecular weight is 276 g/mol. The van der Waals surface area contributed by atoms with Gasteiger partial charge in [0.05, 0.1) is 0 Å². The van der Waals surface area contributed by atoms with Gasteiger partial charge in [0, 0.05) is 30.4 Å². The SMILES string of the molecule is Cc1cc(N2CCCC2CN(C)C)ccc1/C(N)=N/O. The number of nitrogens with zero attached hydrogens (tertiary/aromatic N) is 3. The Kier molecular flexibility index (Phi) is 4.49. The first kappa shape index (κ1) is 14.7. The fourth-order valence-electron chi connectivity index (χ4n) is 2.95. The van der Waals surface area contributed by atoms with Crippen LogP contribution in [0.5, 0.6) is 0 Å². The van der Waals surface area contributed by atoms with E-state index in [0.29, 0.717) is 6.04 Å². The summed E-state index contributed by atoms with van der Waals surface area (Å²) in [6.45, 7) is 4.16. The van der Waals surface area contributed by atoms with Crippen LogP contribution in [0.3, 0.4) is 0 Å². The molecular formula is C15H24N4O. The van der Waals surface area contributed by atoms with Crippen molar-refractivity contribution in [1.82, 2.24) is 4.90 Å². The zero-order chi connectivity index (χ0) is 14.7. The minimum Gasteiger partial charge on any atom is -0.409 e. The number of hydrogen-bond donors (Lipinski definition) is 2. The second-order valence-corrected chi connectivity index (χ2v) is 5.74. The van der Waals surface area contributed by atoms with E-state index in [9.17, 15) is 0 Å². The van der Waals surface area contributed by atoms with E-state index in [0.717, 1.165) is 24.2 Å². The maximum absolute atomic E-state index is 8.78. The Balaban J connectivity index is 2.23. The van der Waals surface area contributed by atoms with E-state index in [1.807, 2.05) is 13.0 Å². The summed E-state index contributed by atoms with van der Waals surface area (Å²) in [5.41, 5.74) is 8.72. The lowest BCUT2D eigenvalue weighted by Crippen LogP contribution is -2.37. The molecule has 0 amide bonds. The Hall–Kier alpha value is -1.75. The standard InChI is InChI=1S/C15H24N4O/c1-11-9-12(6-7-14(11)15(16)17-20)19-8-4-5-13(19)10-18(2)3/h6-7,9,13,20H,4-5,8,10H2,1-3H3,(H2,16,17). The molecule has 5 nitrogen and oxygen atoms in total. The number of aryl methyl sites for hydroxylation is 1. The molecule has 1 fully saturated rings. The fourth-order valence-corrected chi connectivity index (χ4v) is 2.95. The maximum atomic E-state index is 8.78. The minimum absolute atomic E-state index is 0.167. The lowest BCUT2D eigenvalue weighted by molar-refractivity contribution is 0.318. The summed E-state index contributed by atoms with van der Waals surface area (Å²) in [6, 6.07) is 6.69. The van der Waals surface area contributed by atoms with Crippen molar-refractivity contribution < 1.29 is 5.21 Å². The molecule has 20 heavy (non-hydrogen) atoms. The topological polar surface area (TPSA) is 65.1 Å². The van der Waals surface area contributed by atoms with Crippen LogP contribution in [0.25, 0.3) is 0 Å². The van der Waals surface area contributed by atoms with Crippen LogP contribution in [-0.4, -0.2) is 49.2 Å². The van der Waals surface area contributed by atoms with E-state index in [4.69, 9.17) is 10.9 Å². The number of hydrogen-bond acceptors (Lipinski definition) is 4. The van der Waals surface area contributed by atoms with Gasteiger partial charge >= 0.3 is 0 Å². The highest BCUT2D eigenvalue weighted by Crippen LogP contribution is 2.27. The Morgan fingerprint density at radius 3 is 2.85 bits per heavy atom. The molecule has 0 aromatic heterocycles. The van der Waals surface area contributed by atoms with Gasteiger partial charge in [-0.05, 0) is 57.6 Å². The monoisotopic (exact) mass is 276 g/mol. The zero-order valence-electron chi connectivity index (χ0n) is 12.5. The van der Waals surface area contributed by atoms with Crippen molar-refractivity contribution in [3.8, 4) is 0 Å². The molecule has 0 radical (unpaired) electrons. The van der Waals surface area contributed by atoms with Gasteiger partial charge in [-0.15, -0.1) is 0 Å². The molecule has 0 spiro atoms. The van der Waals surface area contributed by atoms with Gasteiger partial charge in [0.2, 0.25) is 0 Å². The van der Waals surface area contributed by atoms with Gasteiger partial charge in [0.25, 0.3) is 0 Å². The van der Waals surface area contributed by atoms with Crippen LogP contribution in [0.15, 0.2) is 23.4 Å². The highest BCUT2D eigenvalue weighted by molar-refractivity contribution is 5.98. The fraction of sp³-hybridized carbons (Fsp3) is 0.533. The Morgan fingerprint density at radius 1 is 1.50 bits per heavy atom. The summed E-state index contributed by atoms with van der Waals surface area (Å²) < 4.78 is 0. The molecule has 110 valence electrons. The third-order valence-electron chi connectivity index (χ3n) is 3.88. The van der Waals surface area contributed by atoms with Crippen molar-refractivity contribution in [1.29, 1.82) is 0 Å². The van der Waals surface area contributed by atoms with Crippen molar-refractivity contribution in [2.45, 2.75) is 25.8 Å². The van der Waals surface area contributed by atoms with Crippen molar-refractivity contribution in [2.75, 3.05) is 32.1 Å². The van der Waals surface area contributed by atoms with Crippen LogP contribution in [-0.2, 0) is 0 Å². The number of anilines is 1. The van der Waals surface area contributed by atoms with Gasteiger partial charge in [-0.1, -0.05) is 5.16 Å². The third-order valence-corrected chi connectivity index (χ3v) is 3.88. The predicted molar refractivity (Wildman–Crippen MR) is 82.6 cm³/mol. The molecule has 3 N–H and O–H groups in total. The molecule has 5 heteroatoms. The van der Waals surface area contributed by atoms with Crippen LogP contribution in [0.1, 0.15) is 24.0 Å². The maximum Gasteiger partial charge on any atom is 0.170 e. The van der Waals surface area contributed by atoms with Crippen LogP contribution < -0.4 is 10.6 Å². The summed E-state index contributed by atoms with van der Waals surface area (Å²) in [6.07, 6.45) is 2.47. The Labute approximate surface area is 120 Å². The number of rotatable bonds is 4. The van der Waals surface area contributed by atoms with Gasteiger partial charge in [0.15, 0.2) is 5.84 Å². The van der Waals surface area contributed by atoms with E-state index in [1.165, 1.54) is 18.5 Å². The van der Waals surface area contributed by atoms with E-state index in [2.05, 4.69) is 41.2 Å². The summed E-state index contributed by atoms with van der Waals surface area (Å²) in [7, 11) is 4.23. The smallest absolute Gasteiger partial charge is 0.170 e. The first-order valence-electron chi connectivity index (χ1n) is 7.03. The van der Waals surface area contributed by atoms with Crippen molar-refractivity contribution in [2.24, 2.45) is 10.9 Å². The van der Waals surface area contributed by atoms with E-state index >= 15 is 0 Å².